The number of benzene rings is 2. The van der Waals surface area contributed by atoms with Crippen molar-refractivity contribution >= 4 is 10.8 Å². The molecule has 0 heterocycles. The SMILES string of the molecule is CCOc1c([C@H](C)O)c(OC)c2ccccc2c1OC. The minimum Gasteiger partial charge on any atom is -0.496 e. The van der Waals surface area contributed by atoms with Gasteiger partial charge in [-0.25, -0.2) is 0 Å². The van der Waals surface area contributed by atoms with Gasteiger partial charge in [0.15, 0.2) is 11.5 Å². The van der Waals surface area contributed by atoms with Gasteiger partial charge in [0.2, 0.25) is 0 Å². The van der Waals surface area contributed by atoms with E-state index in [1.54, 1.807) is 21.1 Å². The molecule has 0 fully saturated rings. The van der Waals surface area contributed by atoms with Crippen molar-refractivity contribution in [2.75, 3.05) is 20.8 Å². The summed E-state index contributed by atoms with van der Waals surface area (Å²) in [6.45, 7) is 4.07. The molecule has 4 nitrogen and oxygen atoms in total. The van der Waals surface area contributed by atoms with Crippen LogP contribution in [0.3, 0.4) is 0 Å². The van der Waals surface area contributed by atoms with Gasteiger partial charge in [-0.3, -0.25) is 0 Å². The molecule has 0 saturated carbocycles. The summed E-state index contributed by atoms with van der Waals surface area (Å²) in [6, 6.07) is 7.75. The van der Waals surface area contributed by atoms with Crippen molar-refractivity contribution in [3.63, 3.8) is 0 Å². The number of hydrogen-bond donors (Lipinski definition) is 1. The molecule has 0 saturated heterocycles. The van der Waals surface area contributed by atoms with Crippen LogP contribution in [-0.4, -0.2) is 25.9 Å². The van der Waals surface area contributed by atoms with E-state index in [1.165, 1.54) is 0 Å². The van der Waals surface area contributed by atoms with Crippen LogP contribution in [0, 0.1) is 0 Å². The van der Waals surface area contributed by atoms with E-state index in [2.05, 4.69) is 0 Å². The number of ether oxygens (including phenoxy) is 3. The van der Waals surface area contributed by atoms with E-state index in [1.807, 2.05) is 31.2 Å². The zero-order valence-corrected chi connectivity index (χ0v) is 12.3. The molecule has 0 aliphatic rings. The second kappa shape index (κ2) is 6.01. The van der Waals surface area contributed by atoms with Gasteiger partial charge < -0.3 is 19.3 Å². The smallest absolute Gasteiger partial charge is 0.171 e. The molecule has 4 heteroatoms. The Morgan fingerprint density at radius 2 is 1.55 bits per heavy atom. The third-order valence-electron chi connectivity index (χ3n) is 3.23. The summed E-state index contributed by atoms with van der Waals surface area (Å²) in [5.41, 5.74) is 0.616. The fraction of sp³-hybridized carbons (Fsp3) is 0.375. The van der Waals surface area contributed by atoms with Crippen molar-refractivity contribution in [2.45, 2.75) is 20.0 Å². The Morgan fingerprint density at radius 3 is 2.00 bits per heavy atom. The lowest BCUT2D eigenvalue weighted by molar-refractivity contribution is 0.185. The molecule has 0 bridgehead atoms. The number of methoxy groups -OCH3 is 2. The van der Waals surface area contributed by atoms with Crippen molar-refractivity contribution in [3.05, 3.63) is 29.8 Å². The van der Waals surface area contributed by atoms with Crippen LogP contribution >= 0.6 is 0 Å². The van der Waals surface area contributed by atoms with Crippen molar-refractivity contribution in [1.82, 2.24) is 0 Å². The number of aliphatic hydroxyl groups excluding tert-OH is 1. The van der Waals surface area contributed by atoms with Gasteiger partial charge in [-0.1, -0.05) is 24.3 Å². The molecule has 0 radical (unpaired) electrons. The molecule has 0 aromatic heterocycles. The molecule has 20 heavy (non-hydrogen) atoms. The Morgan fingerprint density at radius 1 is 1.00 bits per heavy atom. The third kappa shape index (κ3) is 2.27. The summed E-state index contributed by atoms with van der Waals surface area (Å²) in [6.07, 6.45) is -0.718. The van der Waals surface area contributed by atoms with Crippen molar-refractivity contribution in [1.29, 1.82) is 0 Å². The molecule has 108 valence electrons. The summed E-state index contributed by atoms with van der Waals surface area (Å²) in [5.74, 6) is 1.79. The first kappa shape index (κ1) is 14.5. The molecular formula is C16H20O4. The van der Waals surface area contributed by atoms with E-state index in [9.17, 15) is 5.11 Å². The monoisotopic (exact) mass is 276 g/mol. The van der Waals surface area contributed by atoms with Gasteiger partial charge in [-0.05, 0) is 13.8 Å². The van der Waals surface area contributed by atoms with E-state index >= 15 is 0 Å². The minimum atomic E-state index is -0.718. The van der Waals surface area contributed by atoms with E-state index < -0.39 is 6.10 Å². The Kier molecular flexibility index (Phi) is 4.35. The Labute approximate surface area is 118 Å². The van der Waals surface area contributed by atoms with Crippen LogP contribution in [0.1, 0.15) is 25.5 Å². The Balaban J connectivity index is 2.93. The highest BCUT2D eigenvalue weighted by Crippen LogP contribution is 2.48. The zero-order chi connectivity index (χ0) is 14.7. The van der Waals surface area contributed by atoms with E-state index in [0.717, 1.165) is 10.8 Å². The van der Waals surface area contributed by atoms with Crippen LogP contribution in [0.25, 0.3) is 10.8 Å². The maximum atomic E-state index is 10.1. The number of fused-ring (bicyclic) bond motifs is 1. The third-order valence-corrected chi connectivity index (χ3v) is 3.23. The highest BCUT2D eigenvalue weighted by Gasteiger charge is 2.24. The number of rotatable bonds is 5. The first-order valence-electron chi connectivity index (χ1n) is 6.63. The van der Waals surface area contributed by atoms with Gasteiger partial charge in [0.1, 0.15) is 5.75 Å². The molecule has 0 aliphatic carbocycles. The Hall–Kier alpha value is -1.94. The van der Waals surface area contributed by atoms with Crippen LogP contribution in [0.15, 0.2) is 24.3 Å². The molecule has 0 spiro atoms. The van der Waals surface area contributed by atoms with E-state index in [-0.39, 0.29) is 0 Å². The van der Waals surface area contributed by atoms with E-state index in [4.69, 9.17) is 14.2 Å². The van der Waals surface area contributed by atoms with E-state index in [0.29, 0.717) is 29.4 Å². The molecule has 0 amide bonds. The van der Waals surface area contributed by atoms with Crippen LogP contribution in [0.2, 0.25) is 0 Å². The second-order valence-corrected chi connectivity index (χ2v) is 4.46. The molecule has 2 rings (SSSR count). The lowest BCUT2D eigenvalue weighted by Crippen LogP contribution is -2.06. The maximum Gasteiger partial charge on any atom is 0.171 e. The summed E-state index contributed by atoms with van der Waals surface area (Å²) in [5, 5.41) is 11.9. The lowest BCUT2D eigenvalue weighted by Gasteiger charge is -2.21. The summed E-state index contributed by atoms with van der Waals surface area (Å²) < 4.78 is 16.7. The van der Waals surface area contributed by atoms with Gasteiger partial charge in [-0.15, -0.1) is 0 Å². The van der Waals surface area contributed by atoms with Gasteiger partial charge in [-0.2, -0.15) is 0 Å². The molecule has 0 unspecified atom stereocenters. The fourth-order valence-electron chi connectivity index (χ4n) is 2.46. The molecule has 1 atom stereocenters. The van der Waals surface area contributed by atoms with Crippen LogP contribution in [-0.2, 0) is 0 Å². The van der Waals surface area contributed by atoms with Crippen molar-refractivity contribution in [3.8, 4) is 17.2 Å². The lowest BCUT2D eigenvalue weighted by atomic mass is 9.99. The highest BCUT2D eigenvalue weighted by molar-refractivity contribution is 5.97. The predicted molar refractivity (Wildman–Crippen MR) is 78.9 cm³/mol. The fourth-order valence-corrected chi connectivity index (χ4v) is 2.46. The Bertz CT molecular complexity index is 605. The van der Waals surface area contributed by atoms with Gasteiger partial charge in [0, 0.05) is 10.8 Å². The molecule has 0 aliphatic heterocycles. The van der Waals surface area contributed by atoms with Crippen molar-refractivity contribution < 1.29 is 19.3 Å². The summed E-state index contributed by atoms with van der Waals surface area (Å²) >= 11 is 0. The largest absolute Gasteiger partial charge is 0.496 e. The quantitative estimate of drug-likeness (QED) is 0.910. The maximum absolute atomic E-state index is 10.1. The highest BCUT2D eigenvalue weighted by atomic mass is 16.5. The second-order valence-electron chi connectivity index (χ2n) is 4.46. The molecule has 2 aromatic carbocycles. The number of hydrogen-bond acceptors (Lipinski definition) is 4. The topological polar surface area (TPSA) is 47.9 Å². The first-order chi connectivity index (χ1) is 9.65. The summed E-state index contributed by atoms with van der Waals surface area (Å²) in [7, 11) is 3.19. The summed E-state index contributed by atoms with van der Waals surface area (Å²) in [4.78, 5) is 0. The zero-order valence-electron chi connectivity index (χ0n) is 12.3. The predicted octanol–water partition coefficient (Wildman–Crippen LogP) is 3.31. The number of aliphatic hydroxyl groups is 1. The normalized spacial score (nSPS) is 12.2. The van der Waals surface area contributed by atoms with Crippen molar-refractivity contribution in [2.24, 2.45) is 0 Å². The van der Waals surface area contributed by atoms with Crippen LogP contribution in [0.5, 0.6) is 17.2 Å². The standard InChI is InChI=1S/C16H20O4/c1-5-20-16-13(10(2)17)14(18-3)11-8-6-7-9-12(11)15(16)19-4/h6-10,17H,5H2,1-4H3/t10-/m0/s1. The van der Waals surface area contributed by atoms with Gasteiger partial charge in [0.05, 0.1) is 32.5 Å². The average molecular weight is 276 g/mol. The van der Waals surface area contributed by atoms with Crippen LogP contribution < -0.4 is 14.2 Å². The molecule has 2 aromatic rings. The molecule has 1 N–H and O–H groups in total. The van der Waals surface area contributed by atoms with Gasteiger partial charge >= 0.3 is 0 Å². The first-order valence-corrected chi connectivity index (χ1v) is 6.63. The minimum absolute atomic E-state index is 0.484. The van der Waals surface area contributed by atoms with Crippen LogP contribution in [0.4, 0.5) is 0 Å². The molecular weight excluding hydrogens is 256 g/mol. The average Bonchev–Trinajstić information content (AvgIpc) is 2.45. The van der Waals surface area contributed by atoms with Gasteiger partial charge in [0.25, 0.3) is 0 Å².